The fourth-order valence-electron chi connectivity index (χ4n) is 1.46. The van der Waals surface area contributed by atoms with Crippen LogP contribution in [0.2, 0.25) is 0 Å². The second kappa shape index (κ2) is 2.64. The summed E-state index contributed by atoms with van der Waals surface area (Å²) in [5.74, 6) is 3.39. The molecule has 0 spiro atoms. The predicted molar refractivity (Wildman–Crippen MR) is 46.1 cm³/mol. The lowest BCUT2D eigenvalue weighted by molar-refractivity contribution is 0.627. The summed E-state index contributed by atoms with van der Waals surface area (Å²) >= 11 is 0. The van der Waals surface area contributed by atoms with Gasteiger partial charge in [-0.3, -0.25) is 0 Å². The highest BCUT2D eigenvalue weighted by molar-refractivity contribution is 5.30. The molecule has 2 atom stereocenters. The van der Waals surface area contributed by atoms with Gasteiger partial charge in [-0.1, -0.05) is 12.1 Å². The summed E-state index contributed by atoms with van der Waals surface area (Å²) in [6.45, 7) is 0. The van der Waals surface area contributed by atoms with Crippen molar-refractivity contribution >= 4 is 0 Å². The summed E-state index contributed by atoms with van der Waals surface area (Å²) in [6.07, 6.45) is 6.33. The molecule has 1 heteroatoms. The second-order valence-electron chi connectivity index (χ2n) is 3.17. The van der Waals surface area contributed by atoms with Gasteiger partial charge in [0.25, 0.3) is 0 Å². The van der Waals surface area contributed by atoms with Crippen LogP contribution in [0.15, 0.2) is 24.3 Å². The van der Waals surface area contributed by atoms with Crippen LogP contribution in [0, 0.1) is 24.1 Å². The number of rotatable bonds is 1. The number of terminal acetylenes is 1. The van der Waals surface area contributed by atoms with E-state index in [9.17, 15) is 4.39 Å². The molecule has 1 aliphatic rings. The van der Waals surface area contributed by atoms with Gasteiger partial charge in [0.05, 0.1) is 0 Å². The van der Waals surface area contributed by atoms with Crippen molar-refractivity contribution in [1.29, 1.82) is 0 Å². The maximum atomic E-state index is 12.5. The zero-order chi connectivity index (χ0) is 8.55. The summed E-state index contributed by atoms with van der Waals surface area (Å²) in [6, 6.07) is 6.61. The topological polar surface area (TPSA) is 0 Å². The summed E-state index contributed by atoms with van der Waals surface area (Å²) in [4.78, 5) is 0. The van der Waals surface area contributed by atoms with E-state index in [0.29, 0.717) is 11.8 Å². The fraction of sp³-hybridized carbons (Fsp3) is 0.273. The standard InChI is InChI=1S/C11H9F/c1-2-8-7-11(8)9-3-5-10(12)6-4-9/h1,3-6,8,11H,7H2/t8-,11-/m1/s1. The first-order chi connectivity index (χ1) is 5.81. The van der Waals surface area contributed by atoms with Crippen LogP contribution in [0.1, 0.15) is 17.9 Å². The molecular formula is C11H9F. The van der Waals surface area contributed by atoms with E-state index in [4.69, 9.17) is 6.42 Å². The van der Waals surface area contributed by atoms with Crippen LogP contribution in [-0.4, -0.2) is 0 Å². The highest BCUT2D eigenvalue weighted by Gasteiger charge is 2.36. The van der Waals surface area contributed by atoms with E-state index in [-0.39, 0.29) is 5.82 Å². The number of hydrogen-bond acceptors (Lipinski definition) is 0. The van der Waals surface area contributed by atoms with Crippen LogP contribution in [-0.2, 0) is 0 Å². The third-order valence-electron chi connectivity index (χ3n) is 2.30. The Hall–Kier alpha value is -1.29. The summed E-state index contributed by atoms with van der Waals surface area (Å²) in [5, 5.41) is 0. The average Bonchev–Trinajstić information content (AvgIpc) is 2.85. The van der Waals surface area contributed by atoms with Gasteiger partial charge < -0.3 is 0 Å². The van der Waals surface area contributed by atoms with Crippen LogP contribution in [0.5, 0.6) is 0 Å². The first-order valence-electron chi connectivity index (χ1n) is 4.03. The Morgan fingerprint density at radius 2 is 2.00 bits per heavy atom. The molecule has 0 aromatic heterocycles. The molecule has 0 amide bonds. The zero-order valence-electron chi connectivity index (χ0n) is 6.63. The lowest BCUT2D eigenvalue weighted by atomic mass is 10.1. The van der Waals surface area contributed by atoms with Gasteiger partial charge >= 0.3 is 0 Å². The summed E-state index contributed by atoms with van der Waals surface area (Å²) in [7, 11) is 0. The number of benzene rings is 1. The summed E-state index contributed by atoms with van der Waals surface area (Å²) in [5.41, 5.74) is 1.17. The molecule has 0 bridgehead atoms. The molecule has 12 heavy (non-hydrogen) atoms. The van der Waals surface area contributed by atoms with Gasteiger partial charge in [-0.25, -0.2) is 4.39 Å². The van der Waals surface area contributed by atoms with E-state index in [2.05, 4.69) is 5.92 Å². The lowest BCUT2D eigenvalue weighted by Crippen LogP contribution is -1.81. The number of hydrogen-bond donors (Lipinski definition) is 0. The molecule has 0 saturated heterocycles. The third kappa shape index (κ3) is 1.21. The second-order valence-corrected chi connectivity index (χ2v) is 3.17. The van der Waals surface area contributed by atoms with Crippen molar-refractivity contribution < 1.29 is 4.39 Å². The molecule has 1 aromatic carbocycles. The van der Waals surface area contributed by atoms with E-state index in [0.717, 1.165) is 6.42 Å². The lowest BCUT2D eigenvalue weighted by Gasteiger charge is -1.95. The Labute approximate surface area is 71.4 Å². The maximum absolute atomic E-state index is 12.5. The van der Waals surface area contributed by atoms with Crippen molar-refractivity contribution in [3.05, 3.63) is 35.6 Å². The molecular weight excluding hydrogens is 151 g/mol. The molecule has 1 aromatic rings. The van der Waals surface area contributed by atoms with Crippen molar-refractivity contribution in [3.8, 4) is 12.3 Å². The van der Waals surface area contributed by atoms with Crippen molar-refractivity contribution in [2.75, 3.05) is 0 Å². The Bertz CT molecular complexity index is 318. The molecule has 60 valence electrons. The highest BCUT2D eigenvalue weighted by atomic mass is 19.1. The molecule has 1 aliphatic carbocycles. The van der Waals surface area contributed by atoms with E-state index >= 15 is 0 Å². The van der Waals surface area contributed by atoms with Crippen LogP contribution >= 0.6 is 0 Å². The van der Waals surface area contributed by atoms with Gasteiger partial charge in [0, 0.05) is 5.92 Å². The first kappa shape index (κ1) is 7.36. The first-order valence-corrected chi connectivity index (χ1v) is 4.03. The van der Waals surface area contributed by atoms with Gasteiger partial charge in [-0.2, -0.15) is 0 Å². The molecule has 0 unspecified atom stereocenters. The minimum atomic E-state index is -0.184. The normalized spacial score (nSPS) is 26.3. The van der Waals surface area contributed by atoms with Crippen LogP contribution in [0.3, 0.4) is 0 Å². The molecule has 1 fully saturated rings. The molecule has 0 radical (unpaired) electrons. The van der Waals surface area contributed by atoms with Gasteiger partial charge in [0.1, 0.15) is 5.82 Å². The third-order valence-corrected chi connectivity index (χ3v) is 2.30. The maximum Gasteiger partial charge on any atom is 0.123 e. The van der Waals surface area contributed by atoms with E-state index in [1.165, 1.54) is 17.7 Å². The largest absolute Gasteiger partial charge is 0.207 e. The molecule has 0 heterocycles. The van der Waals surface area contributed by atoms with Crippen molar-refractivity contribution in [2.45, 2.75) is 12.3 Å². The number of halogens is 1. The molecule has 0 nitrogen and oxygen atoms in total. The van der Waals surface area contributed by atoms with Crippen molar-refractivity contribution in [1.82, 2.24) is 0 Å². The van der Waals surface area contributed by atoms with E-state index in [1.54, 1.807) is 0 Å². The monoisotopic (exact) mass is 160 g/mol. The van der Waals surface area contributed by atoms with Crippen LogP contribution < -0.4 is 0 Å². The Morgan fingerprint density at radius 3 is 2.50 bits per heavy atom. The fourth-order valence-corrected chi connectivity index (χ4v) is 1.46. The van der Waals surface area contributed by atoms with Crippen molar-refractivity contribution in [2.24, 2.45) is 5.92 Å². The SMILES string of the molecule is C#C[C@@H]1C[C@H]1c1ccc(F)cc1. The van der Waals surface area contributed by atoms with Gasteiger partial charge in [0.15, 0.2) is 0 Å². The zero-order valence-corrected chi connectivity index (χ0v) is 6.63. The van der Waals surface area contributed by atoms with Crippen LogP contribution in [0.25, 0.3) is 0 Å². The van der Waals surface area contributed by atoms with Gasteiger partial charge in [-0.05, 0) is 30.0 Å². The molecule has 0 aliphatic heterocycles. The molecule has 2 rings (SSSR count). The highest BCUT2D eigenvalue weighted by Crippen LogP contribution is 2.46. The summed E-state index contributed by atoms with van der Waals surface area (Å²) < 4.78 is 12.5. The van der Waals surface area contributed by atoms with Crippen molar-refractivity contribution in [3.63, 3.8) is 0 Å². The Balaban J connectivity index is 2.17. The Kier molecular flexibility index (Phi) is 1.62. The Morgan fingerprint density at radius 1 is 1.33 bits per heavy atom. The minimum Gasteiger partial charge on any atom is -0.207 e. The molecule has 0 N–H and O–H groups in total. The minimum absolute atomic E-state index is 0.184. The van der Waals surface area contributed by atoms with E-state index in [1.807, 2.05) is 12.1 Å². The van der Waals surface area contributed by atoms with E-state index < -0.39 is 0 Å². The molecule has 1 saturated carbocycles. The van der Waals surface area contributed by atoms with Gasteiger partial charge in [-0.15, -0.1) is 12.3 Å². The quantitative estimate of drug-likeness (QED) is 0.554. The predicted octanol–water partition coefficient (Wildman–Crippen LogP) is 2.56. The smallest absolute Gasteiger partial charge is 0.123 e. The average molecular weight is 160 g/mol. The van der Waals surface area contributed by atoms with Gasteiger partial charge in [0.2, 0.25) is 0 Å². The van der Waals surface area contributed by atoms with Crippen LogP contribution in [0.4, 0.5) is 4.39 Å².